The molecule has 1 saturated heterocycles. The second-order valence-electron chi connectivity index (χ2n) is 7.83. The second kappa shape index (κ2) is 6.99. The Hall–Kier alpha value is -0.770. The second-order valence-corrected chi connectivity index (χ2v) is 7.83. The molecule has 0 bridgehead atoms. The lowest BCUT2D eigenvalue weighted by Gasteiger charge is -2.31. The maximum atomic E-state index is 12.2. The Kier molecular flexibility index (Phi) is 5.53. The van der Waals surface area contributed by atoms with Gasteiger partial charge in [-0.3, -0.25) is 0 Å². The third kappa shape index (κ3) is 5.17. The Labute approximate surface area is 129 Å². The van der Waals surface area contributed by atoms with Crippen molar-refractivity contribution >= 4 is 6.09 Å². The first-order chi connectivity index (χ1) is 9.85. The molecule has 4 heteroatoms. The van der Waals surface area contributed by atoms with Gasteiger partial charge in [-0.2, -0.15) is 0 Å². The number of likely N-dealkylation sites (tertiary alicyclic amines) is 1. The summed E-state index contributed by atoms with van der Waals surface area (Å²) in [5, 5.41) is 3.68. The van der Waals surface area contributed by atoms with E-state index < -0.39 is 5.60 Å². The lowest BCUT2D eigenvalue weighted by atomic mass is 9.87. The van der Waals surface area contributed by atoms with Crippen molar-refractivity contribution in [3.63, 3.8) is 0 Å². The zero-order chi connectivity index (χ0) is 15.5. The summed E-state index contributed by atoms with van der Waals surface area (Å²) in [4.78, 5) is 14.2. The predicted octanol–water partition coefficient (Wildman–Crippen LogP) is 3.55. The molecule has 0 spiro atoms. The third-order valence-corrected chi connectivity index (χ3v) is 4.66. The Morgan fingerprint density at radius 2 is 1.86 bits per heavy atom. The van der Waals surface area contributed by atoms with Gasteiger partial charge in [-0.25, -0.2) is 4.79 Å². The number of nitrogens with zero attached hydrogens (tertiary/aromatic N) is 1. The smallest absolute Gasteiger partial charge is 0.410 e. The van der Waals surface area contributed by atoms with Crippen molar-refractivity contribution in [1.29, 1.82) is 0 Å². The Morgan fingerprint density at radius 1 is 1.19 bits per heavy atom. The van der Waals surface area contributed by atoms with Gasteiger partial charge in [0.25, 0.3) is 0 Å². The Morgan fingerprint density at radius 3 is 2.48 bits per heavy atom. The predicted molar refractivity (Wildman–Crippen MR) is 85.4 cm³/mol. The third-order valence-electron chi connectivity index (χ3n) is 4.66. The first-order valence-electron chi connectivity index (χ1n) is 8.58. The molecule has 122 valence electrons. The van der Waals surface area contributed by atoms with Gasteiger partial charge < -0.3 is 15.0 Å². The molecule has 1 saturated carbocycles. The summed E-state index contributed by atoms with van der Waals surface area (Å²) in [5.74, 6) is 0.882. The number of hydrogen-bond acceptors (Lipinski definition) is 3. The maximum Gasteiger partial charge on any atom is 0.410 e. The number of carbonyl (C=O) groups excluding carboxylic acids is 1. The molecule has 1 N–H and O–H groups in total. The largest absolute Gasteiger partial charge is 0.444 e. The molecule has 2 rings (SSSR count). The van der Waals surface area contributed by atoms with Gasteiger partial charge >= 0.3 is 6.09 Å². The lowest BCUT2D eigenvalue weighted by Crippen LogP contribution is -2.46. The topological polar surface area (TPSA) is 41.6 Å². The summed E-state index contributed by atoms with van der Waals surface area (Å²) >= 11 is 0. The maximum absolute atomic E-state index is 12.2. The van der Waals surface area contributed by atoms with Gasteiger partial charge in [0.2, 0.25) is 0 Å². The number of ether oxygens (including phenoxy) is 1. The monoisotopic (exact) mass is 296 g/mol. The fourth-order valence-corrected chi connectivity index (χ4v) is 3.38. The van der Waals surface area contributed by atoms with Gasteiger partial charge in [0.15, 0.2) is 0 Å². The van der Waals surface area contributed by atoms with Crippen LogP contribution in [0.15, 0.2) is 0 Å². The SMILES string of the molecule is CC1CCC(NCC2CCCN2C(=O)OC(C)(C)C)CC1. The van der Waals surface area contributed by atoms with Crippen molar-refractivity contribution in [2.24, 2.45) is 5.92 Å². The van der Waals surface area contributed by atoms with Gasteiger partial charge in [-0.1, -0.05) is 6.92 Å². The summed E-state index contributed by atoms with van der Waals surface area (Å²) in [7, 11) is 0. The molecule has 2 aliphatic rings. The zero-order valence-corrected chi connectivity index (χ0v) is 14.2. The van der Waals surface area contributed by atoms with Crippen molar-refractivity contribution in [3.8, 4) is 0 Å². The summed E-state index contributed by atoms with van der Waals surface area (Å²) < 4.78 is 5.52. The first-order valence-corrected chi connectivity index (χ1v) is 8.58. The van der Waals surface area contributed by atoms with Crippen LogP contribution in [0.3, 0.4) is 0 Å². The van der Waals surface area contributed by atoms with Crippen LogP contribution in [0.5, 0.6) is 0 Å². The number of hydrogen-bond donors (Lipinski definition) is 1. The van der Waals surface area contributed by atoms with Crippen LogP contribution in [0.25, 0.3) is 0 Å². The molecule has 1 aliphatic carbocycles. The minimum atomic E-state index is -0.406. The molecule has 2 fully saturated rings. The number of carbonyl (C=O) groups is 1. The molecule has 0 aromatic carbocycles. The molecule has 1 amide bonds. The Balaban J connectivity index is 1.78. The highest BCUT2D eigenvalue weighted by molar-refractivity contribution is 5.69. The molecule has 0 radical (unpaired) electrons. The van der Waals surface area contributed by atoms with Gasteiger partial charge in [-0.05, 0) is 65.2 Å². The molecule has 1 aliphatic heterocycles. The van der Waals surface area contributed by atoms with E-state index in [0.29, 0.717) is 12.1 Å². The van der Waals surface area contributed by atoms with E-state index in [0.717, 1.165) is 31.8 Å². The van der Waals surface area contributed by atoms with E-state index in [-0.39, 0.29) is 6.09 Å². The van der Waals surface area contributed by atoms with Gasteiger partial charge in [0.1, 0.15) is 5.60 Å². The fraction of sp³-hybridized carbons (Fsp3) is 0.941. The van der Waals surface area contributed by atoms with Crippen molar-refractivity contribution in [1.82, 2.24) is 10.2 Å². The quantitative estimate of drug-likeness (QED) is 0.866. The zero-order valence-electron chi connectivity index (χ0n) is 14.2. The van der Waals surface area contributed by atoms with E-state index >= 15 is 0 Å². The van der Waals surface area contributed by atoms with E-state index in [9.17, 15) is 4.79 Å². The van der Waals surface area contributed by atoms with Crippen molar-refractivity contribution in [3.05, 3.63) is 0 Å². The van der Waals surface area contributed by atoms with Crippen LogP contribution >= 0.6 is 0 Å². The lowest BCUT2D eigenvalue weighted by molar-refractivity contribution is 0.0223. The molecule has 1 atom stereocenters. The summed E-state index contributed by atoms with van der Waals surface area (Å²) in [5.41, 5.74) is -0.406. The summed E-state index contributed by atoms with van der Waals surface area (Å²) in [6.07, 6.45) is 7.25. The summed E-state index contributed by atoms with van der Waals surface area (Å²) in [6, 6.07) is 0.946. The molecule has 4 nitrogen and oxygen atoms in total. The highest BCUT2D eigenvalue weighted by Gasteiger charge is 2.32. The molecule has 0 aromatic heterocycles. The van der Waals surface area contributed by atoms with Crippen LogP contribution in [0.4, 0.5) is 4.79 Å². The van der Waals surface area contributed by atoms with Crippen LogP contribution < -0.4 is 5.32 Å². The molecule has 1 unspecified atom stereocenters. The first kappa shape index (κ1) is 16.6. The van der Waals surface area contributed by atoms with Crippen molar-refractivity contribution in [2.45, 2.75) is 83.9 Å². The molecular weight excluding hydrogens is 264 g/mol. The van der Waals surface area contributed by atoms with Gasteiger partial charge in [0, 0.05) is 25.2 Å². The highest BCUT2D eigenvalue weighted by atomic mass is 16.6. The van der Waals surface area contributed by atoms with Crippen LogP contribution in [-0.4, -0.2) is 41.8 Å². The van der Waals surface area contributed by atoms with E-state index in [4.69, 9.17) is 4.74 Å². The molecular formula is C17H32N2O2. The average Bonchev–Trinajstić information content (AvgIpc) is 2.84. The number of amides is 1. The van der Waals surface area contributed by atoms with Gasteiger partial charge in [-0.15, -0.1) is 0 Å². The standard InChI is InChI=1S/C17H32N2O2/c1-13-7-9-14(10-8-13)18-12-15-6-5-11-19(15)16(20)21-17(2,3)4/h13-15,18H,5-12H2,1-4H3. The number of nitrogens with one attached hydrogen (secondary N) is 1. The molecule has 21 heavy (non-hydrogen) atoms. The van der Waals surface area contributed by atoms with Crippen LogP contribution in [0.1, 0.15) is 66.2 Å². The highest BCUT2D eigenvalue weighted by Crippen LogP contribution is 2.25. The van der Waals surface area contributed by atoms with Gasteiger partial charge in [0.05, 0.1) is 0 Å². The van der Waals surface area contributed by atoms with Crippen LogP contribution in [-0.2, 0) is 4.74 Å². The normalized spacial score (nSPS) is 30.5. The Bertz CT molecular complexity index is 343. The summed E-state index contributed by atoms with van der Waals surface area (Å²) in [6.45, 7) is 9.88. The van der Waals surface area contributed by atoms with Crippen molar-refractivity contribution < 1.29 is 9.53 Å². The fourth-order valence-electron chi connectivity index (χ4n) is 3.38. The van der Waals surface area contributed by atoms with Crippen LogP contribution in [0.2, 0.25) is 0 Å². The van der Waals surface area contributed by atoms with E-state index in [1.54, 1.807) is 0 Å². The average molecular weight is 296 g/mol. The van der Waals surface area contributed by atoms with E-state index in [1.165, 1.54) is 25.7 Å². The number of rotatable bonds is 3. The minimum absolute atomic E-state index is 0.149. The van der Waals surface area contributed by atoms with Crippen molar-refractivity contribution in [2.75, 3.05) is 13.1 Å². The molecule has 0 aromatic rings. The van der Waals surface area contributed by atoms with E-state index in [1.807, 2.05) is 25.7 Å². The van der Waals surface area contributed by atoms with E-state index in [2.05, 4.69) is 12.2 Å². The minimum Gasteiger partial charge on any atom is -0.444 e. The molecule has 1 heterocycles. The van der Waals surface area contributed by atoms with Crippen LogP contribution in [0, 0.1) is 5.92 Å².